The fourth-order valence-corrected chi connectivity index (χ4v) is 3.20. The Morgan fingerprint density at radius 1 is 1.26 bits per heavy atom. The van der Waals surface area contributed by atoms with Gasteiger partial charge in [0.1, 0.15) is 11.5 Å². The first kappa shape index (κ1) is 17.3. The van der Waals surface area contributed by atoms with Crippen LogP contribution in [0.25, 0.3) is 0 Å². The standard InChI is InChI=1S/C18H23NO3S/c1-13(16-10-9-14(21-2)12-17(16)22-3)19-18(20)8-4-6-15-7-5-11-23-15/h5,7,9-13H,4,6,8H2,1-3H3,(H,19,20). The molecule has 23 heavy (non-hydrogen) atoms. The quantitative estimate of drug-likeness (QED) is 0.795. The molecule has 0 bridgehead atoms. The summed E-state index contributed by atoms with van der Waals surface area (Å²) in [5, 5.41) is 5.10. The summed E-state index contributed by atoms with van der Waals surface area (Å²) in [5.41, 5.74) is 0.944. The van der Waals surface area contributed by atoms with Crippen molar-refractivity contribution in [2.75, 3.05) is 14.2 Å². The zero-order chi connectivity index (χ0) is 16.7. The lowest BCUT2D eigenvalue weighted by Crippen LogP contribution is -2.26. The Kier molecular flexibility index (Phi) is 6.47. The molecule has 0 aliphatic carbocycles. The molecule has 1 atom stereocenters. The van der Waals surface area contributed by atoms with Gasteiger partial charge in [0.25, 0.3) is 0 Å². The number of amides is 1. The Bertz CT molecular complexity index is 625. The number of aryl methyl sites for hydroxylation is 1. The Hall–Kier alpha value is -2.01. The number of methoxy groups -OCH3 is 2. The minimum atomic E-state index is -0.106. The van der Waals surface area contributed by atoms with Crippen molar-refractivity contribution >= 4 is 17.2 Å². The predicted octanol–water partition coefficient (Wildman–Crippen LogP) is 3.97. The summed E-state index contributed by atoms with van der Waals surface area (Å²) in [6.45, 7) is 1.96. The van der Waals surface area contributed by atoms with Crippen molar-refractivity contribution in [1.29, 1.82) is 0 Å². The largest absolute Gasteiger partial charge is 0.497 e. The van der Waals surface area contributed by atoms with E-state index < -0.39 is 0 Å². The van der Waals surface area contributed by atoms with Crippen LogP contribution in [0.3, 0.4) is 0 Å². The van der Waals surface area contributed by atoms with E-state index in [0.717, 1.165) is 29.9 Å². The van der Waals surface area contributed by atoms with E-state index in [2.05, 4.69) is 16.8 Å². The molecule has 1 unspecified atom stereocenters. The average Bonchev–Trinajstić information content (AvgIpc) is 3.07. The second-order valence-corrected chi connectivity index (χ2v) is 6.36. The van der Waals surface area contributed by atoms with E-state index in [4.69, 9.17) is 9.47 Å². The van der Waals surface area contributed by atoms with Crippen molar-refractivity contribution in [2.24, 2.45) is 0 Å². The van der Waals surface area contributed by atoms with Crippen LogP contribution in [0.15, 0.2) is 35.7 Å². The summed E-state index contributed by atoms with van der Waals surface area (Å²) < 4.78 is 10.6. The first-order chi connectivity index (χ1) is 11.1. The normalized spacial score (nSPS) is 11.8. The molecule has 5 heteroatoms. The summed E-state index contributed by atoms with van der Waals surface area (Å²) in [7, 11) is 3.24. The molecule has 0 aliphatic rings. The highest BCUT2D eigenvalue weighted by Crippen LogP contribution is 2.29. The summed E-state index contributed by atoms with van der Waals surface area (Å²) in [6.07, 6.45) is 2.34. The van der Waals surface area contributed by atoms with Crippen LogP contribution in [0, 0.1) is 0 Å². The summed E-state index contributed by atoms with van der Waals surface area (Å²) in [4.78, 5) is 13.4. The van der Waals surface area contributed by atoms with Gasteiger partial charge in [0, 0.05) is 22.9 Å². The third-order valence-corrected chi connectivity index (χ3v) is 4.63. The van der Waals surface area contributed by atoms with Gasteiger partial charge in [0.15, 0.2) is 0 Å². The van der Waals surface area contributed by atoms with Crippen molar-refractivity contribution in [1.82, 2.24) is 5.32 Å². The van der Waals surface area contributed by atoms with E-state index >= 15 is 0 Å². The number of carbonyl (C=O) groups is 1. The van der Waals surface area contributed by atoms with Gasteiger partial charge in [-0.15, -0.1) is 11.3 Å². The Balaban J connectivity index is 1.87. The molecule has 4 nitrogen and oxygen atoms in total. The van der Waals surface area contributed by atoms with E-state index in [9.17, 15) is 4.79 Å². The molecule has 0 saturated heterocycles. The van der Waals surface area contributed by atoms with E-state index in [1.54, 1.807) is 25.6 Å². The van der Waals surface area contributed by atoms with Crippen LogP contribution in [0.2, 0.25) is 0 Å². The lowest BCUT2D eigenvalue weighted by atomic mass is 10.1. The maximum absolute atomic E-state index is 12.1. The molecule has 2 rings (SSSR count). The lowest BCUT2D eigenvalue weighted by Gasteiger charge is -2.18. The van der Waals surface area contributed by atoms with Crippen LogP contribution in [0.4, 0.5) is 0 Å². The van der Waals surface area contributed by atoms with E-state index in [-0.39, 0.29) is 11.9 Å². The second-order valence-electron chi connectivity index (χ2n) is 5.33. The maximum Gasteiger partial charge on any atom is 0.220 e. The molecule has 0 radical (unpaired) electrons. The number of ether oxygens (including phenoxy) is 2. The van der Waals surface area contributed by atoms with Gasteiger partial charge < -0.3 is 14.8 Å². The van der Waals surface area contributed by atoms with Crippen molar-refractivity contribution in [3.05, 3.63) is 46.2 Å². The fraction of sp³-hybridized carbons (Fsp3) is 0.389. The lowest BCUT2D eigenvalue weighted by molar-refractivity contribution is -0.121. The number of thiophene rings is 1. The Labute approximate surface area is 141 Å². The number of hydrogen-bond donors (Lipinski definition) is 1. The van der Waals surface area contributed by atoms with Crippen molar-refractivity contribution in [3.8, 4) is 11.5 Å². The predicted molar refractivity (Wildman–Crippen MR) is 93.4 cm³/mol. The summed E-state index contributed by atoms with van der Waals surface area (Å²) >= 11 is 1.73. The molecule has 1 amide bonds. The number of rotatable bonds is 8. The molecule has 2 aromatic rings. The molecule has 124 valence electrons. The van der Waals surface area contributed by atoms with Gasteiger partial charge in [0.05, 0.1) is 20.3 Å². The smallest absolute Gasteiger partial charge is 0.220 e. The summed E-state index contributed by atoms with van der Waals surface area (Å²) in [6, 6.07) is 9.66. The van der Waals surface area contributed by atoms with Crippen LogP contribution in [-0.4, -0.2) is 20.1 Å². The molecular formula is C18H23NO3S. The van der Waals surface area contributed by atoms with Gasteiger partial charge in [-0.25, -0.2) is 0 Å². The molecule has 0 aliphatic heterocycles. The number of hydrogen-bond acceptors (Lipinski definition) is 4. The van der Waals surface area contributed by atoms with Crippen molar-refractivity contribution in [2.45, 2.75) is 32.2 Å². The van der Waals surface area contributed by atoms with Crippen molar-refractivity contribution < 1.29 is 14.3 Å². The fourth-order valence-electron chi connectivity index (χ4n) is 2.45. The van der Waals surface area contributed by atoms with Crippen LogP contribution >= 0.6 is 11.3 Å². The summed E-state index contributed by atoms with van der Waals surface area (Å²) in [5.74, 6) is 1.52. The van der Waals surface area contributed by atoms with Crippen LogP contribution < -0.4 is 14.8 Å². The molecule has 1 heterocycles. The van der Waals surface area contributed by atoms with Gasteiger partial charge in [-0.3, -0.25) is 4.79 Å². The van der Waals surface area contributed by atoms with Gasteiger partial charge in [-0.05, 0) is 43.3 Å². The second kappa shape index (κ2) is 8.58. The van der Waals surface area contributed by atoms with E-state index in [0.29, 0.717) is 6.42 Å². The number of nitrogens with one attached hydrogen (secondary N) is 1. The van der Waals surface area contributed by atoms with E-state index in [1.165, 1.54) is 4.88 Å². The molecule has 1 aromatic carbocycles. The topological polar surface area (TPSA) is 47.6 Å². The van der Waals surface area contributed by atoms with Crippen molar-refractivity contribution in [3.63, 3.8) is 0 Å². The molecule has 1 N–H and O–H groups in total. The third-order valence-electron chi connectivity index (χ3n) is 3.69. The minimum Gasteiger partial charge on any atom is -0.497 e. The number of benzene rings is 1. The van der Waals surface area contributed by atoms with E-state index in [1.807, 2.05) is 31.2 Å². The first-order valence-electron chi connectivity index (χ1n) is 7.67. The van der Waals surface area contributed by atoms with Crippen LogP contribution in [0.1, 0.15) is 36.2 Å². The van der Waals surface area contributed by atoms with Gasteiger partial charge in [0.2, 0.25) is 5.91 Å². The molecule has 0 fully saturated rings. The molecule has 0 saturated carbocycles. The third kappa shape index (κ3) is 4.99. The SMILES string of the molecule is COc1ccc(C(C)NC(=O)CCCc2cccs2)c(OC)c1. The van der Waals surface area contributed by atoms with Crippen LogP contribution in [0.5, 0.6) is 11.5 Å². The molecule has 1 aromatic heterocycles. The highest BCUT2D eigenvalue weighted by molar-refractivity contribution is 7.09. The highest BCUT2D eigenvalue weighted by Gasteiger charge is 2.14. The highest BCUT2D eigenvalue weighted by atomic mass is 32.1. The zero-order valence-electron chi connectivity index (χ0n) is 13.8. The van der Waals surface area contributed by atoms with Gasteiger partial charge in [-0.1, -0.05) is 6.07 Å². The monoisotopic (exact) mass is 333 g/mol. The van der Waals surface area contributed by atoms with Gasteiger partial charge in [-0.2, -0.15) is 0 Å². The first-order valence-corrected chi connectivity index (χ1v) is 8.55. The molecular weight excluding hydrogens is 310 g/mol. The Morgan fingerprint density at radius 2 is 2.09 bits per heavy atom. The minimum absolute atomic E-state index is 0.0620. The van der Waals surface area contributed by atoms with Gasteiger partial charge >= 0.3 is 0 Å². The Morgan fingerprint density at radius 3 is 2.74 bits per heavy atom. The van der Waals surface area contributed by atoms with Crippen LogP contribution in [-0.2, 0) is 11.2 Å². The zero-order valence-corrected chi connectivity index (χ0v) is 14.6. The number of carbonyl (C=O) groups excluding carboxylic acids is 1. The maximum atomic E-state index is 12.1. The molecule has 0 spiro atoms. The average molecular weight is 333 g/mol.